The van der Waals surface area contributed by atoms with Crippen LogP contribution in [-0.2, 0) is 0 Å². The summed E-state index contributed by atoms with van der Waals surface area (Å²) in [5.41, 5.74) is 6.68. The van der Waals surface area contributed by atoms with Gasteiger partial charge in [0.15, 0.2) is 5.76 Å². The molecule has 4 nitrogen and oxygen atoms in total. The van der Waals surface area contributed by atoms with E-state index >= 15 is 0 Å². The van der Waals surface area contributed by atoms with E-state index in [0.717, 1.165) is 18.4 Å². The SMILES string of the molecule is CC(N)C1CCN(C(=O)c2ccc(-c3ccc(F)cc3)o2)CC1.Cl. The maximum atomic E-state index is 13.0. The lowest BCUT2D eigenvalue weighted by atomic mass is 9.91. The molecule has 1 unspecified atom stereocenters. The Morgan fingerprint density at radius 3 is 2.42 bits per heavy atom. The molecule has 2 heterocycles. The van der Waals surface area contributed by atoms with E-state index in [1.54, 1.807) is 24.3 Å². The Hall–Kier alpha value is -1.85. The van der Waals surface area contributed by atoms with Crippen LogP contribution in [0.3, 0.4) is 0 Å². The van der Waals surface area contributed by atoms with Crippen molar-refractivity contribution in [3.05, 3.63) is 48.0 Å². The zero-order chi connectivity index (χ0) is 16.4. The second-order valence-electron chi connectivity index (χ2n) is 6.16. The molecular weight excluding hydrogens is 331 g/mol. The van der Waals surface area contributed by atoms with Crippen LogP contribution in [0.25, 0.3) is 11.3 Å². The summed E-state index contributed by atoms with van der Waals surface area (Å²) in [4.78, 5) is 14.3. The van der Waals surface area contributed by atoms with Gasteiger partial charge in [0.2, 0.25) is 0 Å². The lowest BCUT2D eigenvalue weighted by Gasteiger charge is -2.33. The number of hydrogen-bond acceptors (Lipinski definition) is 3. The lowest BCUT2D eigenvalue weighted by Crippen LogP contribution is -2.42. The van der Waals surface area contributed by atoms with Gasteiger partial charge in [-0.05, 0) is 62.1 Å². The standard InChI is InChI=1S/C18H21FN2O2.ClH/c1-12(20)13-8-10-21(11-9-13)18(22)17-7-6-16(23-17)14-2-4-15(19)5-3-14;/h2-7,12-13H,8-11,20H2,1H3;1H. The Kier molecular flexibility index (Phi) is 6.02. The average Bonchev–Trinajstić information content (AvgIpc) is 3.05. The van der Waals surface area contributed by atoms with Gasteiger partial charge in [-0.3, -0.25) is 4.79 Å². The van der Waals surface area contributed by atoms with Crippen molar-refractivity contribution in [1.29, 1.82) is 0 Å². The molecule has 0 bridgehead atoms. The molecule has 1 aromatic heterocycles. The second-order valence-corrected chi connectivity index (χ2v) is 6.16. The molecule has 0 radical (unpaired) electrons. The van der Waals surface area contributed by atoms with E-state index in [1.165, 1.54) is 12.1 Å². The van der Waals surface area contributed by atoms with Gasteiger partial charge in [-0.1, -0.05) is 0 Å². The van der Waals surface area contributed by atoms with Crippen LogP contribution < -0.4 is 5.73 Å². The Balaban J connectivity index is 0.00000208. The van der Waals surface area contributed by atoms with E-state index < -0.39 is 0 Å². The molecule has 1 amide bonds. The molecule has 0 aliphatic carbocycles. The van der Waals surface area contributed by atoms with Crippen LogP contribution >= 0.6 is 12.4 Å². The number of hydrogen-bond donors (Lipinski definition) is 1. The van der Waals surface area contributed by atoms with Crippen molar-refractivity contribution in [3.63, 3.8) is 0 Å². The predicted octanol–water partition coefficient (Wildman–Crippen LogP) is 3.71. The number of halogens is 2. The fraction of sp³-hybridized carbons (Fsp3) is 0.389. The van der Waals surface area contributed by atoms with Crippen LogP contribution in [-0.4, -0.2) is 29.9 Å². The second kappa shape index (κ2) is 7.81. The molecule has 0 spiro atoms. The van der Waals surface area contributed by atoms with Crippen molar-refractivity contribution in [2.24, 2.45) is 11.7 Å². The first-order valence-corrected chi connectivity index (χ1v) is 7.95. The van der Waals surface area contributed by atoms with Crippen LogP contribution in [0.1, 0.15) is 30.3 Å². The number of amides is 1. The van der Waals surface area contributed by atoms with Crippen molar-refractivity contribution in [2.75, 3.05) is 13.1 Å². The molecule has 1 aliphatic heterocycles. The van der Waals surface area contributed by atoms with E-state index in [1.807, 2.05) is 11.8 Å². The van der Waals surface area contributed by atoms with Gasteiger partial charge >= 0.3 is 0 Å². The highest BCUT2D eigenvalue weighted by molar-refractivity contribution is 5.92. The van der Waals surface area contributed by atoms with Gasteiger partial charge in [0, 0.05) is 24.7 Å². The number of benzene rings is 1. The third kappa shape index (κ3) is 3.97. The van der Waals surface area contributed by atoms with E-state index in [-0.39, 0.29) is 30.2 Å². The topological polar surface area (TPSA) is 59.5 Å². The number of carbonyl (C=O) groups excluding carboxylic acids is 1. The van der Waals surface area contributed by atoms with Crippen molar-refractivity contribution in [2.45, 2.75) is 25.8 Å². The molecule has 0 saturated carbocycles. The Labute approximate surface area is 147 Å². The van der Waals surface area contributed by atoms with Crippen molar-refractivity contribution < 1.29 is 13.6 Å². The van der Waals surface area contributed by atoms with Crippen molar-refractivity contribution >= 4 is 18.3 Å². The molecule has 24 heavy (non-hydrogen) atoms. The molecule has 2 N–H and O–H groups in total. The van der Waals surface area contributed by atoms with Gasteiger partial charge in [0.05, 0.1) is 0 Å². The number of nitrogens with zero attached hydrogens (tertiary/aromatic N) is 1. The van der Waals surface area contributed by atoms with E-state index in [4.69, 9.17) is 10.2 Å². The van der Waals surface area contributed by atoms with E-state index in [2.05, 4.69) is 0 Å². The smallest absolute Gasteiger partial charge is 0.289 e. The summed E-state index contributed by atoms with van der Waals surface area (Å²) >= 11 is 0. The normalized spacial score (nSPS) is 16.5. The highest BCUT2D eigenvalue weighted by atomic mass is 35.5. The van der Waals surface area contributed by atoms with Crippen molar-refractivity contribution in [1.82, 2.24) is 4.90 Å². The zero-order valence-electron chi connectivity index (χ0n) is 13.6. The van der Waals surface area contributed by atoms with Gasteiger partial charge in [0.1, 0.15) is 11.6 Å². The minimum Gasteiger partial charge on any atom is -0.451 e. The van der Waals surface area contributed by atoms with Crippen LogP contribution in [0.2, 0.25) is 0 Å². The molecule has 1 saturated heterocycles. The van der Waals surface area contributed by atoms with Crippen LogP contribution in [0.4, 0.5) is 4.39 Å². The molecule has 1 fully saturated rings. The summed E-state index contributed by atoms with van der Waals surface area (Å²) < 4.78 is 18.6. The molecule has 6 heteroatoms. The van der Waals surface area contributed by atoms with Crippen LogP contribution in [0.15, 0.2) is 40.8 Å². The van der Waals surface area contributed by atoms with E-state index in [9.17, 15) is 9.18 Å². The fourth-order valence-electron chi connectivity index (χ4n) is 3.01. The molecule has 1 atom stereocenters. The lowest BCUT2D eigenvalue weighted by molar-refractivity contribution is 0.0650. The molecular formula is C18H22ClFN2O2. The zero-order valence-corrected chi connectivity index (χ0v) is 14.4. The van der Waals surface area contributed by atoms with Gasteiger partial charge in [0.25, 0.3) is 5.91 Å². The average molecular weight is 353 g/mol. The number of furan rings is 1. The minimum absolute atomic E-state index is 0. The summed E-state index contributed by atoms with van der Waals surface area (Å²) in [5.74, 6) is 0.975. The van der Waals surface area contributed by atoms with Crippen LogP contribution in [0, 0.1) is 11.7 Å². The Bertz CT molecular complexity index is 677. The van der Waals surface area contributed by atoms with Gasteiger partial charge in [-0.25, -0.2) is 4.39 Å². The number of rotatable bonds is 3. The first kappa shape index (κ1) is 18.5. The number of piperidine rings is 1. The summed E-state index contributed by atoms with van der Waals surface area (Å²) in [6.07, 6.45) is 1.85. The molecule has 3 rings (SSSR count). The van der Waals surface area contributed by atoms with Gasteiger partial charge < -0.3 is 15.1 Å². The van der Waals surface area contributed by atoms with Crippen LogP contribution in [0.5, 0.6) is 0 Å². The molecule has 1 aromatic carbocycles. The number of likely N-dealkylation sites (tertiary alicyclic amines) is 1. The van der Waals surface area contributed by atoms with Crippen molar-refractivity contribution in [3.8, 4) is 11.3 Å². The molecule has 130 valence electrons. The Morgan fingerprint density at radius 1 is 1.21 bits per heavy atom. The van der Waals surface area contributed by atoms with E-state index in [0.29, 0.717) is 30.5 Å². The Morgan fingerprint density at radius 2 is 1.83 bits per heavy atom. The fourth-order valence-corrected chi connectivity index (χ4v) is 3.01. The molecule has 1 aliphatic rings. The third-order valence-electron chi connectivity index (χ3n) is 4.52. The van der Waals surface area contributed by atoms with Gasteiger partial charge in [-0.15, -0.1) is 12.4 Å². The first-order valence-electron chi connectivity index (χ1n) is 7.95. The minimum atomic E-state index is -0.298. The third-order valence-corrected chi connectivity index (χ3v) is 4.52. The maximum absolute atomic E-state index is 13.0. The maximum Gasteiger partial charge on any atom is 0.289 e. The van der Waals surface area contributed by atoms with Gasteiger partial charge in [-0.2, -0.15) is 0 Å². The monoisotopic (exact) mass is 352 g/mol. The number of nitrogens with two attached hydrogens (primary N) is 1. The highest BCUT2D eigenvalue weighted by Crippen LogP contribution is 2.25. The molecule has 2 aromatic rings. The highest BCUT2D eigenvalue weighted by Gasteiger charge is 2.27. The predicted molar refractivity (Wildman–Crippen MR) is 93.6 cm³/mol. The summed E-state index contributed by atoms with van der Waals surface area (Å²) in [6, 6.07) is 9.61. The quantitative estimate of drug-likeness (QED) is 0.916. The summed E-state index contributed by atoms with van der Waals surface area (Å²) in [7, 11) is 0. The summed E-state index contributed by atoms with van der Waals surface area (Å²) in [6.45, 7) is 3.43. The largest absolute Gasteiger partial charge is 0.451 e. The first-order chi connectivity index (χ1) is 11.0. The summed E-state index contributed by atoms with van der Waals surface area (Å²) in [5, 5.41) is 0. The number of carbonyl (C=O) groups is 1.